The number of hydrogen-bond acceptors (Lipinski definition) is 4. The third kappa shape index (κ3) is 5.09. The molecule has 1 heterocycles. The molecule has 0 spiro atoms. The average molecular weight is 351 g/mol. The molecular formula is C17H23ClN4S. The molecule has 0 aliphatic rings. The zero-order valence-corrected chi connectivity index (χ0v) is 15.7. The third-order valence-corrected chi connectivity index (χ3v) is 5.10. The Morgan fingerprint density at radius 3 is 2.78 bits per heavy atom. The van der Waals surface area contributed by atoms with Crippen LogP contribution in [0.5, 0.6) is 0 Å². The topological polar surface area (TPSA) is 34.0 Å². The molecule has 0 N–H and O–H groups in total. The van der Waals surface area contributed by atoms with E-state index in [1.54, 1.807) is 11.8 Å². The fourth-order valence-electron chi connectivity index (χ4n) is 2.18. The molecule has 0 atom stereocenters. The molecule has 0 saturated carbocycles. The Bertz CT molecular complexity index is 681. The van der Waals surface area contributed by atoms with Crippen molar-refractivity contribution >= 4 is 23.4 Å². The molecule has 1 aromatic heterocycles. The fraction of sp³-hybridized carbons (Fsp3) is 0.412. The first-order valence-corrected chi connectivity index (χ1v) is 8.92. The number of halogens is 1. The number of likely N-dealkylation sites (N-methyl/N-ethyl adjacent to an activating group) is 1. The van der Waals surface area contributed by atoms with E-state index in [2.05, 4.69) is 46.6 Å². The number of thioether (sulfide) groups is 1. The van der Waals surface area contributed by atoms with Gasteiger partial charge in [0.2, 0.25) is 0 Å². The second-order valence-electron chi connectivity index (χ2n) is 5.65. The highest BCUT2D eigenvalue weighted by atomic mass is 35.5. The summed E-state index contributed by atoms with van der Waals surface area (Å²) >= 11 is 7.85. The van der Waals surface area contributed by atoms with Gasteiger partial charge in [-0.3, -0.25) is 4.90 Å². The van der Waals surface area contributed by atoms with E-state index in [1.807, 2.05) is 31.3 Å². The Balaban J connectivity index is 1.98. The zero-order chi connectivity index (χ0) is 16.8. The second kappa shape index (κ2) is 8.52. The summed E-state index contributed by atoms with van der Waals surface area (Å²) in [6.07, 6.45) is 2.14. The fourth-order valence-corrected chi connectivity index (χ4v) is 3.40. The lowest BCUT2D eigenvalue weighted by Gasteiger charge is -2.16. The van der Waals surface area contributed by atoms with E-state index < -0.39 is 0 Å². The molecule has 2 rings (SSSR count). The minimum absolute atomic E-state index is 0.779. The van der Waals surface area contributed by atoms with Gasteiger partial charge in [0.25, 0.3) is 0 Å². The van der Waals surface area contributed by atoms with Crippen molar-refractivity contribution in [2.24, 2.45) is 7.05 Å². The number of allylic oxidation sites excluding steroid dienone is 1. The molecular weight excluding hydrogens is 328 g/mol. The van der Waals surface area contributed by atoms with Gasteiger partial charge >= 0.3 is 0 Å². The van der Waals surface area contributed by atoms with E-state index in [4.69, 9.17) is 11.6 Å². The minimum Gasteiger partial charge on any atom is -0.308 e. The average Bonchev–Trinajstić information content (AvgIpc) is 2.87. The highest BCUT2D eigenvalue weighted by Crippen LogP contribution is 2.25. The smallest absolute Gasteiger partial charge is 0.191 e. The van der Waals surface area contributed by atoms with Crippen LogP contribution in [0, 0.1) is 0 Å². The summed E-state index contributed by atoms with van der Waals surface area (Å²) in [7, 11) is 4.11. The maximum atomic E-state index is 6.20. The third-order valence-electron chi connectivity index (χ3n) is 3.66. The standard InChI is InChI=1S/C17H23ClN4S/c1-5-13(2)10-21(3)11-16-19-20-17(22(16)4)23-12-14-8-6-7-9-15(14)18/h5-9H,10-12H2,1-4H3. The van der Waals surface area contributed by atoms with E-state index >= 15 is 0 Å². The van der Waals surface area contributed by atoms with Crippen molar-refractivity contribution in [3.63, 3.8) is 0 Å². The first kappa shape index (κ1) is 18.0. The molecule has 2 aromatic rings. The summed E-state index contributed by atoms with van der Waals surface area (Å²) in [5, 5.41) is 10.3. The van der Waals surface area contributed by atoms with Gasteiger partial charge in [-0.1, -0.05) is 53.2 Å². The Labute approximate surface area is 147 Å². The van der Waals surface area contributed by atoms with Crippen LogP contribution in [-0.2, 0) is 19.3 Å². The predicted molar refractivity (Wildman–Crippen MR) is 97.8 cm³/mol. The molecule has 0 bridgehead atoms. The van der Waals surface area contributed by atoms with Crippen LogP contribution in [-0.4, -0.2) is 33.3 Å². The Kier molecular flexibility index (Phi) is 6.69. The van der Waals surface area contributed by atoms with Gasteiger partial charge in [0.05, 0.1) is 6.54 Å². The van der Waals surface area contributed by atoms with Crippen LogP contribution in [0.3, 0.4) is 0 Å². The molecule has 0 aliphatic carbocycles. The summed E-state index contributed by atoms with van der Waals surface area (Å²) in [4.78, 5) is 2.24. The number of hydrogen-bond donors (Lipinski definition) is 0. The Morgan fingerprint density at radius 1 is 1.35 bits per heavy atom. The number of aromatic nitrogens is 3. The summed E-state index contributed by atoms with van der Waals surface area (Å²) in [5.74, 6) is 1.76. The molecule has 0 radical (unpaired) electrons. The van der Waals surface area contributed by atoms with Gasteiger partial charge in [-0.05, 0) is 32.5 Å². The first-order chi connectivity index (χ1) is 11.0. The van der Waals surface area contributed by atoms with E-state index in [1.165, 1.54) is 5.57 Å². The van der Waals surface area contributed by atoms with Crippen LogP contribution in [0.2, 0.25) is 5.02 Å². The molecule has 6 heteroatoms. The summed E-state index contributed by atoms with van der Waals surface area (Å²) < 4.78 is 2.06. The number of nitrogens with zero attached hydrogens (tertiary/aromatic N) is 4. The summed E-state index contributed by atoms with van der Waals surface area (Å²) in [6.45, 7) is 5.92. The summed E-state index contributed by atoms with van der Waals surface area (Å²) in [6, 6.07) is 7.90. The van der Waals surface area contributed by atoms with Gasteiger partial charge in [0.15, 0.2) is 5.16 Å². The number of benzene rings is 1. The van der Waals surface area contributed by atoms with Crippen molar-refractivity contribution in [3.8, 4) is 0 Å². The van der Waals surface area contributed by atoms with Gasteiger partial charge in [-0.15, -0.1) is 10.2 Å². The molecule has 4 nitrogen and oxygen atoms in total. The highest BCUT2D eigenvalue weighted by molar-refractivity contribution is 7.98. The SMILES string of the molecule is CC=C(C)CN(C)Cc1nnc(SCc2ccccc2Cl)n1C. The molecule has 0 fully saturated rings. The van der Waals surface area contributed by atoms with E-state index in [0.29, 0.717) is 0 Å². The molecule has 0 amide bonds. The van der Waals surface area contributed by atoms with E-state index in [0.717, 1.165) is 40.4 Å². The van der Waals surface area contributed by atoms with E-state index in [9.17, 15) is 0 Å². The van der Waals surface area contributed by atoms with Gasteiger partial charge in [0, 0.05) is 24.4 Å². The van der Waals surface area contributed by atoms with Crippen molar-refractivity contribution in [1.82, 2.24) is 19.7 Å². The molecule has 0 saturated heterocycles. The molecule has 1 aromatic carbocycles. The van der Waals surface area contributed by atoms with Crippen LogP contribution in [0.1, 0.15) is 25.2 Å². The van der Waals surface area contributed by atoms with Gasteiger partial charge < -0.3 is 4.57 Å². The maximum absolute atomic E-state index is 6.20. The number of rotatable bonds is 7. The van der Waals surface area contributed by atoms with Crippen molar-refractivity contribution in [2.45, 2.75) is 31.3 Å². The lowest BCUT2D eigenvalue weighted by atomic mass is 10.2. The van der Waals surface area contributed by atoms with Crippen molar-refractivity contribution < 1.29 is 0 Å². The predicted octanol–water partition coefficient (Wildman–Crippen LogP) is 4.16. The minimum atomic E-state index is 0.779. The van der Waals surface area contributed by atoms with Gasteiger partial charge in [0.1, 0.15) is 5.82 Å². The lowest BCUT2D eigenvalue weighted by molar-refractivity contribution is 0.339. The van der Waals surface area contributed by atoms with Crippen LogP contribution >= 0.6 is 23.4 Å². The lowest BCUT2D eigenvalue weighted by Crippen LogP contribution is -2.22. The highest BCUT2D eigenvalue weighted by Gasteiger charge is 2.12. The Morgan fingerprint density at radius 2 is 2.09 bits per heavy atom. The summed E-state index contributed by atoms with van der Waals surface area (Å²) in [5.41, 5.74) is 2.47. The molecule has 23 heavy (non-hydrogen) atoms. The van der Waals surface area contributed by atoms with Crippen molar-refractivity contribution in [2.75, 3.05) is 13.6 Å². The zero-order valence-electron chi connectivity index (χ0n) is 14.1. The monoisotopic (exact) mass is 350 g/mol. The van der Waals surface area contributed by atoms with Gasteiger partial charge in [-0.2, -0.15) is 0 Å². The molecule has 0 aliphatic heterocycles. The van der Waals surface area contributed by atoms with Crippen LogP contribution in [0.15, 0.2) is 41.1 Å². The second-order valence-corrected chi connectivity index (χ2v) is 6.99. The largest absolute Gasteiger partial charge is 0.308 e. The van der Waals surface area contributed by atoms with Crippen molar-refractivity contribution in [1.29, 1.82) is 0 Å². The van der Waals surface area contributed by atoms with Crippen LogP contribution in [0.25, 0.3) is 0 Å². The quantitative estimate of drug-likeness (QED) is 0.554. The van der Waals surface area contributed by atoms with Crippen molar-refractivity contribution in [3.05, 3.63) is 52.3 Å². The molecule has 0 unspecified atom stereocenters. The Hall–Kier alpha value is -1.30. The maximum Gasteiger partial charge on any atom is 0.191 e. The first-order valence-electron chi connectivity index (χ1n) is 7.56. The van der Waals surface area contributed by atoms with Gasteiger partial charge in [-0.25, -0.2) is 0 Å². The normalized spacial score (nSPS) is 12.2. The van der Waals surface area contributed by atoms with E-state index in [-0.39, 0.29) is 0 Å². The van der Waals surface area contributed by atoms with Crippen LogP contribution < -0.4 is 0 Å². The van der Waals surface area contributed by atoms with Crippen LogP contribution in [0.4, 0.5) is 0 Å². The molecule has 124 valence electrons.